The Balaban J connectivity index is 1.76. The smallest absolute Gasteiger partial charge is 0.309 e. The van der Waals surface area contributed by atoms with Crippen LogP contribution in [0.25, 0.3) is 0 Å². The molecule has 2 aliphatic rings. The van der Waals surface area contributed by atoms with Crippen LogP contribution < -0.4 is 0 Å². The summed E-state index contributed by atoms with van der Waals surface area (Å²) in [4.78, 5) is 10.3. The fourth-order valence-corrected chi connectivity index (χ4v) is 2.53. The molecule has 2 fully saturated rings. The number of ether oxygens (including phenoxy) is 2. The van der Waals surface area contributed by atoms with Gasteiger partial charge in [-0.1, -0.05) is 0 Å². The summed E-state index contributed by atoms with van der Waals surface area (Å²) in [6.07, 6.45) is 2.73. The molecule has 1 aliphatic heterocycles. The van der Waals surface area contributed by atoms with Gasteiger partial charge in [-0.2, -0.15) is 5.10 Å². The van der Waals surface area contributed by atoms with Crippen molar-refractivity contribution in [3.63, 3.8) is 0 Å². The first kappa shape index (κ1) is 10.7. The Morgan fingerprint density at radius 3 is 2.71 bits per heavy atom. The molecule has 0 N–H and O–H groups in total. The summed E-state index contributed by atoms with van der Waals surface area (Å²) in [7, 11) is 0. The van der Waals surface area contributed by atoms with E-state index in [4.69, 9.17) is 9.47 Å². The Morgan fingerprint density at radius 1 is 1.53 bits per heavy atom. The molecule has 0 amide bonds. The minimum Gasteiger partial charge on any atom is -0.347 e. The number of nitrogens with zero attached hydrogens (tertiary/aromatic N) is 3. The Morgan fingerprint density at radius 2 is 2.18 bits per heavy atom. The lowest BCUT2D eigenvalue weighted by Crippen LogP contribution is -2.46. The van der Waals surface area contributed by atoms with Crippen LogP contribution in [0.15, 0.2) is 6.20 Å². The highest BCUT2D eigenvalue weighted by atomic mass is 16.7. The van der Waals surface area contributed by atoms with Gasteiger partial charge in [0, 0.05) is 12.8 Å². The normalized spacial score (nSPS) is 22.9. The quantitative estimate of drug-likeness (QED) is 0.571. The summed E-state index contributed by atoms with van der Waals surface area (Å²) in [6, 6.07) is 0.141. The average Bonchev–Trinajstić information content (AvgIpc) is 2.81. The monoisotopic (exact) mass is 239 g/mol. The lowest BCUT2D eigenvalue weighted by Gasteiger charge is -2.42. The van der Waals surface area contributed by atoms with Gasteiger partial charge in [-0.05, 0) is 6.92 Å². The van der Waals surface area contributed by atoms with Crippen LogP contribution in [0, 0.1) is 17.0 Å². The van der Waals surface area contributed by atoms with Crippen molar-refractivity contribution in [2.45, 2.75) is 31.6 Å². The van der Waals surface area contributed by atoms with Gasteiger partial charge in [-0.25, -0.2) is 0 Å². The summed E-state index contributed by atoms with van der Waals surface area (Å²) < 4.78 is 12.8. The first-order chi connectivity index (χ1) is 8.11. The fraction of sp³-hybridized carbons (Fsp3) is 0.700. The van der Waals surface area contributed by atoms with E-state index >= 15 is 0 Å². The molecule has 1 aliphatic carbocycles. The van der Waals surface area contributed by atoms with Crippen LogP contribution >= 0.6 is 0 Å². The maximum atomic E-state index is 10.7. The number of rotatable bonds is 2. The van der Waals surface area contributed by atoms with Crippen LogP contribution in [-0.2, 0) is 9.47 Å². The minimum absolute atomic E-state index is 0.0687. The van der Waals surface area contributed by atoms with Crippen molar-refractivity contribution in [2.24, 2.45) is 0 Å². The van der Waals surface area contributed by atoms with Crippen molar-refractivity contribution in [3.8, 4) is 0 Å². The van der Waals surface area contributed by atoms with E-state index < -0.39 is 10.7 Å². The molecule has 17 heavy (non-hydrogen) atoms. The molecule has 1 aromatic rings. The number of aromatic nitrogens is 2. The van der Waals surface area contributed by atoms with E-state index in [1.807, 2.05) is 0 Å². The van der Waals surface area contributed by atoms with E-state index in [1.165, 1.54) is 6.20 Å². The lowest BCUT2D eigenvalue weighted by atomic mass is 9.85. The third kappa shape index (κ3) is 1.54. The van der Waals surface area contributed by atoms with E-state index in [9.17, 15) is 10.1 Å². The fourth-order valence-electron chi connectivity index (χ4n) is 2.53. The predicted octanol–water partition coefficient (Wildman–Crippen LogP) is 1.18. The summed E-state index contributed by atoms with van der Waals surface area (Å²) in [5, 5.41) is 14.8. The molecule has 0 radical (unpaired) electrons. The number of hydrogen-bond acceptors (Lipinski definition) is 5. The van der Waals surface area contributed by atoms with E-state index in [0.29, 0.717) is 31.7 Å². The highest BCUT2D eigenvalue weighted by Crippen LogP contribution is 2.47. The van der Waals surface area contributed by atoms with Gasteiger partial charge >= 0.3 is 5.69 Å². The van der Waals surface area contributed by atoms with Crippen molar-refractivity contribution in [1.82, 2.24) is 9.78 Å². The Hall–Kier alpha value is -1.47. The summed E-state index contributed by atoms with van der Waals surface area (Å²) in [5.74, 6) is -0.447. The van der Waals surface area contributed by atoms with Crippen LogP contribution in [0.3, 0.4) is 0 Å². The zero-order valence-corrected chi connectivity index (χ0v) is 9.46. The molecule has 0 bridgehead atoms. The van der Waals surface area contributed by atoms with Crippen molar-refractivity contribution in [2.75, 3.05) is 13.2 Å². The van der Waals surface area contributed by atoms with Gasteiger partial charge in [0.1, 0.15) is 11.9 Å². The van der Waals surface area contributed by atoms with Crippen LogP contribution in [0.5, 0.6) is 0 Å². The standard InChI is InChI=1S/C10H13N3O4/c1-7-9(13(14)15)6-11-12(7)8-4-10(5-8)16-2-3-17-10/h6,8H,2-5H2,1H3. The predicted molar refractivity (Wildman–Crippen MR) is 56.5 cm³/mol. The molecular weight excluding hydrogens is 226 g/mol. The van der Waals surface area contributed by atoms with Gasteiger partial charge < -0.3 is 9.47 Å². The second-order valence-corrected chi connectivity index (χ2v) is 4.49. The van der Waals surface area contributed by atoms with Crippen LogP contribution in [-0.4, -0.2) is 33.7 Å². The van der Waals surface area contributed by atoms with Gasteiger partial charge in [-0.15, -0.1) is 0 Å². The Labute approximate surface area is 97.5 Å². The average molecular weight is 239 g/mol. The van der Waals surface area contributed by atoms with Crippen molar-refractivity contribution in [3.05, 3.63) is 22.0 Å². The molecule has 92 valence electrons. The van der Waals surface area contributed by atoms with Crippen molar-refractivity contribution < 1.29 is 14.4 Å². The maximum absolute atomic E-state index is 10.7. The van der Waals surface area contributed by atoms with Crippen molar-refractivity contribution >= 4 is 5.69 Å². The topological polar surface area (TPSA) is 79.4 Å². The van der Waals surface area contributed by atoms with Crippen LogP contribution in [0.4, 0.5) is 5.69 Å². The van der Waals surface area contributed by atoms with E-state index in [0.717, 1.165) is 0 Å². The van der Waals surface area contributed by atoms with E-state index in [2.05, 4.69) is 5.10 Å². The summed E-state index contributed by atoms with van der Waals surface area (Å²) >= 11 is 0. The summed E-state index contributed by atoms with van der Waals surface area (Å²) in [5.41, 5.74) is 0.659. The lowest BCUT2D eigenvalue weighted by molar-refractivity contribution is -0.385. The molecule has 0 aromatic carbocycles. The van der Waals surface area contributed by atoms with E-state index in [-0.39, 0.29) is 11.7 Å². The zero-order chi connectivity index (χ0) is 12.0. The molecular formula is C10H13N3O4. The second kappa shape index (κ2) is 3.51. The summed E-state index contributed by atoms with van der Waals surface area (Å²) in [6.45, 7) is 2.97. The van der Waals surface area contributed by atoms with Gasteiger partial charge in [0.25, 0.3) is 0 Å². The molecule has 7 nitrogen and oxygen atoms in total. The Kier molecular flexibility index (Phi) is 2.20. The van der Waals surface area contributed by atoms with Crippen LogP contribution in [0.2, 0.25) is 0 Å². The SMILES string of the molecule is Cc1c([N+](=O)[O-])cnn1C1CC2(C1)OCCO2. The number of hydrogen-bond donors (Lipinski definition) is 0. The molecule has 2 heterocycles. The molecule has 3 rings (SSSR count). The minimum atomic E-state index is -0.447. The number of nitro groups is 1. The molecule has 7 heteroatoms. The Bertz CT molecular complexity index is 456. The van der Waals surface area contributed by atoms with Crippen LogP contribution in [0.1, 0.15) is 24.6 Å². The van der Waals surface area contributed by atoms with Gasteiger partial charge in [0.2, 0.25) is 0 Å². The van der Waals surface area contributed by atoms with Gasteiger partial charge in [-0.3, -0.25) is 14.8 Å². The molecule has 1 aromatic heterocycles. The maximum Gasteiger partial charge on any atom is 0.309 e. The largest absolute Gasteiger partial charge is 0.347 e. The third-order valence-electron chi connectivity index (χ3n) is 3.47. The van der Waals surface area contributed by atoms with Gasteiger partial charge in [0.15, 0.2) is 5.79 Å². The molecule has 0 atom stereocenters. The molecule has 1 saturated carbocycles. The molecule has 1 saturated heterocycles. The highest BCUT2D eigenvalue weighted by Gasteiger charge is 2.51. The third-order valence-corrected chi connectivity index (χ3v) is 3.47. The second-order valence-electron chi connectivity index (χ2n) is 4.49. The zero-order valence-electron chi connectivity index (χ0n) is 9.46. The molecule has 1 spiro atoms. The first-order valence-corrected chi connectivity index (χ1v) is 5.58. The molecule has 0 unspecified atom stereocenters. The van der Waals surface area contributed by atoms with Gasteiger partial charge in [0.05, 0.1) is 24.2 Å². The van der Waals surface area contributed by atoms with Crippen molar-refractivity contribution in [1.29, 1.82) is 0 Å². The first-order valence-electron chi connectivity index (χ1n) is 5.58. The van der Waals surface area contributed by atoms with E-state index in [1.54, 1.807) is 11.6 Å². The highest BCUT2D eigenvalue weighted by molar-refractivity contribution is 5.32.